The first-order valence-corrected chi connectivity index (χ1v) is 7.31. The van der Waals surface area contributed by atoms with E-state index in [0.717, 1.165) is 12.5 Å². The predicted molar refractivity (Wildman–Crippen MR) is 74.8 cm³/mol. The highest BCUT2D eigenvalue weighted by molar-refractivity contribution is 6.17. The van der Waals surface area contributed by atoms with Crippen LogP contribution >= 0.6 is 11.6 Å². The molecule has 0 heterocycles. The van der Waals surface area contributed by atoms with Gasteiger partial charge in [-0.3, -0.25) is 4.79 Å². The first kappa shape index (κ1) is 15.2. The van der Waals surface area contributed by atoms with E-state index in [-0.39, 0.29) is 11.8 Å². The summed E-state index contributed by atoms with van der Waals surface area (Å²) in [4.78, 5) is 11.6. The molecule has 0 bridgehead atoms. The molecule has 0 aliphatic heterocycles. The quantitative estimate of drug-likeness (QED) is 0.802. The van der Waals surface area contributed by atoms with Crippen LogP contribution in [0.3, 0.4) is 0 Å². The van der Waals surface area contributed by atoms with Gasteiger partial charge in [-0.1, -0.05) is 13.0 Å². The van der Waals surface area contributed by atoms with Crippen molar-refractivity contribution in [2.24, 2.45) is 5.92 Å². The van der Waals surface area contributed by atoms with Crippen molar-refractivity contribution in [3.63, 3.8) is 0 Å². The molecule has 0 spiro atoms. The summed E-state index contributed by atoms with van der Waals surface area (Å²) in [5.74, 6) is -0.477. The molecule has 1 fully saturated rings. The van der Waals surface area contributed by atoms with E-state index in [1.165, 1.54) is 12.1 Å². The Morgan fingerprint density at radius 1 is 1.50 bits per heavy atom. The Bertz CT molecular complexity index is 509. The van der Waals surface area contributed by atoms with Gasteiger partial charge in [-0.15, -0.1) is 11.6 Å². The van der Waals surface area contributed by atoms with Gasteiger partial charge in [0, 0.05) is 30.3 Å². The fourth-order valence-electron chi connectivity index (χ4n) is 2.67. The molecular weight excluding hydrogens is 284 g/mol. The van der Waals surface area contributed by atoms with Crippen molar-refractivity contribution in [2.75, 3.05) is 12.4 Å². The van der Waals surface area contributed by atoms with Gasteiger partial charge in [-0.25, -0.2) is 8.78 Å². The maximum atomic E-state index is 13.9. The van der Waals surface area contributed by atoms with Crippen LogP contribution in [0.1, 0.15) is 31.7 Å². The minimum absolute atomic E-state index is 0.0772. The molecule has 20 heavy (non-hydrogen) atoms. The zero-order valence-electron chi connectivity index (χ0n) is 11.4. The maximum Gasteiger partial charge on any atom is 0.220 e. The predicted octanol–water partition coefficient (Wildman–Crippen LogP) is 3.38. The fraction of sp³-hybridized carbons (Fsp3) is 0.533. The van der Waals surface area contributed by atoms with Crippen molar-refractivity contribution < 1.29 is 13.6 Å². The number of hydrogen-bond donors (Lipinski definition) is 1. The molecule has 1 aromatic carbocycles. The van der Waals surface area contributed by atoms with E-state index in [2.05, 4.69) is 5.32 Å². The summed E-state index contributed by atoms with van der Waals surface area (Å²) in [5, 5.41) is 2.83. The number of amides is 1. The third-order valence-electron chi connectivity index (χ3n) is 4.06. The first-order chi connectivity index (χ1) is 9.49. The highest BCUT2D eigenvalue weighted by atomic mass is 35.5. The molecule has 1 aromatic rings. The molecule has 1 aliphatic carbocycles. The van der Waals surface area contributed by atoms with Crippen molar-refractivity contribution in [1.29, 1.82) is 0 Å². The molecule has 0 radical (unpaired) electrons. The van der Waals surface area contributed by atoms with Crippen molar-refractivity contribution in [1.82, 2.24) is 5.32 Å². The molecule has 5 heteroatoms. The monoisotopic (exact) mass is 301 g/mol. The van der Waals surface area contributed by atoms with Gasteiger partial charge in [0.2, 0.25) is 5.91 Å². The normalized spacial score (nSPS) is 24.5. The van der Waals surface area contributed by atoms with Gasteiger partial charge in [0.15, 0.2) is 0 Å². The van der Waals surface area contributed by atoms with Crippen molar-refractivity contribution >= 4 is 17.5 Å². The topological polar surface area (TPSA) is 29.1 Å². The second-order valence-electron chi connectivity index (χ2n) is 5.45. The van der Waals surface area contributed by atoms with E-state index in [9.17, 15) is 13.6 Å². The minimum atomic E-state index is -0.583. The second-order valence-corrected chi connectivity index (χ2v) is 5.83. The Hall–Kier alpha value is -1.16. The summed E-state index contributed by atoms with van der Waals surface area (Å²) in [6.45, 7) is 2.39. The zero-order valence-corrected chi connectivity index (χ0v) is 12.1. The average molecular weight is 302 g/mol. The lowest BCUT2D eigenvalue weighted by Gasteiger charge is -2.19. The summed E-state index contributed by atoms with van der Waals surface area (Å²) in [6, 6.07) is 3.65. The molecule has 2 atom stereocenters. The number of halogens is 3. The smallest absolute Gasteiger partial charge is 0.220 e. The molecule has 2 unspecified atom stereocenters. The second kappa shape index (κ2) is 6.08. The lowest BCUT2D eigenvalue weighted by molar-refractivity contribution is -0.121. The largest absolute Gasteiger partial charge is 0.355 e. The van der Waals surface area contributed by atoms with Crippen LogP contribution in [0.2, 0.25) is 0 Å². The molecule has 1 saturated carbocycles. The van der Waals surface area contributed by atoms with Crippen LogP contribution in [-0.4, -0.2) is 18.3 Å². The van der Waals surface area contributed by atoms with Crippen molar-refractivity contribution in [3.05, 3.63) is 35.4 Å². The number of alkyl halides is 1. The Balaban J connectivity index is 2.05. The number of rotatable bonds is 6. The van der Waals surface area contributed by atoms with Gasteiger partial charge in [-0.05, 0) is 30.4 Å². The summed E-state index contributed by atoms with van der Waals surface area (Å²) < 4.78 is 26.9. The lowest BCUT2D eigenvalue weighted by atomic mass is 9.92. The van der Waals surface area contributed by atoms with Gasteiger partial charge < -0.3 is 5.32 Å². The molecule has 0 aromatic heterocycles. The maximum absolute atomic E-state index is 13.9. The van der Waals surface area contributed by atoms with E-state index < -0.39 is 17.0 Å². The Morgan fingerprint density at radius 2 is 2.20 bits per heavy atom. The van der Waals surface area contributed by atoms with E-state index >= 15 is 0 Å². The first-order valence-electron chi connectivity index (χ1n) is 6.78. The molecule has 110 valence electrons. The Labute approximate surface area is 122 Å². The number of carbonyl (C=O) groups is 1. The number of carbonyl (C=O) groups excluding carboxylic acids is 1. The standard InChI is InChI=1S/C15H18ClF2NO/c1-10-8-15(10,9-19-14(20)3-2-6-16)12-5-4-11(17)7-13(12)18/h4-5,7,10H,2-3,6,8-9H2,1H3,(H,19,20). The molecule has 1 aliphatic rings. The molecule has 1 N–H and O–H groups in total. The van der Waals surface area contributed by atoms with Gasteiger partial charge in [0.25, 0.3) is 0 Å². The summed E-state index contributed by atoms with van der Waals surface area (Å²) in [6.07, 6.45) is 1.80. The highest BCUT2D eigenvalue weighted by Gasteiger charge is 2.53. The zero-order chi connectivity index (χ0) is 14.8. The van der Waals surface area contributed by atoms with E-state index in [0.29, 0.717) is 30.8 Å². The number of nitrogens with one attached hydrogen (secondary N) is 1. The van der Waals surface area contributed by atoms with Gasteiger partial charge in [-0.2, -0.15) is 0 Å². The Kier molecular flexibility index (Phi) is 4.63. The molecular formula is C15H18ClF2NO. The molecule has 2 nitrogen and oxygen atoms in total. The Morgan fingerprint density at radius 3 is 2.75 bits per heavy atom. The van der Waals surface area contributed by atoms with Crippen LogP contribution in [0.4, 0.5) is 8.78 Å². The van der Waals surface area contributed by atoms with Gasteiger partial charge >= 0.3 is 0 Å². The van der Waals surface area contributed by atoms with Crippen LogP contribution in [0.5, 0.6) is 0 Å². The molecule has 1 amide bonds. The summed E-state index contributed by atoms with van der Waals surface area (Å²) in [5.41, 5.74) is 0.0954. The highest BCUT2D eigenvalue weighted by Crippen LogP contribution is 2.54. The van der Waals surface area contributed by atoms with Crippen molar-refractivity contribution in [2.45, 2.75) is 31.6 Å². The number of hydrogen-bond acceptors (Lipinski definition) is 1. The molecule has 0 saturated heterocycles. The van der Waals surface area contributed by atoms with Crippen LogP contribution in [0.25, 0.3) is 0 Å². The van der Waals surface area contributed by atoms with E-state index in [4.69, 9.17) is 11.6 Å². The summed E-state index contributed by atoms with van der Waals surface area (Å²) >= 11 is 5.54. The van der Waals surface area contributed by atoms with Gasteiger partial charge in [0.1, 0.15) is 11.6 Å². The van der Waals surface area contributed by atoms with Crippen LogP contribution in [0.15, 0.2) is 18.2 Å². The van der Waals surface area contributed by atoms with E-state index in [1.807, 2.05) is 6.92 Å². The van der Waals surface area contributed by atoms with Crippen LogP contribution in [0, 0.1) is 17.6 Å². The third-order valence-corrected chi connectivity index (χ3v) is 4.33. The molecule has 2 rings (SSSR count). The summed E-state index contributed by atoms with van der Waals surface area (Å²) in [7, 11) is 0. The lowest BCUT2D eigenvalue weighted by Crippen LogP contribution is -2.33. The minimum Gasteiger partial charge on any atom is -0.355 e. The van der Waals surface area contributed by atoms with Crippen molar-refractivity contribution in [3.8, 4) is 0 Å². The third kappa shape index (κ3) is 3.11. The fourth-order valence-corrected chi connectivity index (χ4v) is 2.80. The van der Waals surface area contributed by atoms with E-state index in [1.54, 1.807) is 0 Å². The SMILES string of the molecule is CC1CC1(CNC(=O)CCCCl)c1ccc(F)cc1F. The van der Waals surface area contributed by atoms with Crippen LogP contribution in [-0.2, 0) is 10.2 Å². The number of benzene rings is 1. The average Bonchev–Trinajstić information content (AvgIpc) is 3.05. The van der Waals surface area contributed by atoms with Crippen LogP contribution < -0.4 is 5.32 Å². The van der Waals surface area contributed by atoms with Gasteiger partial charge in [0.05, 0.1) is 0 Å².